The summed E-state index contributed by atoms with van der Waals surface area (Å²) >= 11 is 0. The van der Waals surface area contributed by atoms with Gasteiger partial charge in [0.2, 0.25) is 0 Å². The first kappa shape index (κ1) is 7.03. The van der Waals surface area contributed by atoms with Crippen molar-refractivity contribution < 1.29 is 0 Å². The van der Waals surface area contributed by atoms with E-state index in [0.717, 1.165) is 0 Å². The van der Waals surface area contributed by atoms with Gasteiger partial charge >= 0.3 is 0 Å². The molecule has 1 aliphatic heterocycles. The topological polar surface area (TPSA) is 6.48 Å². The van der Waals surface area contributed by atoms with Crippen molar-refractivity contribution in [1.82, 2.24) is 9.80 Å². The van der Waals surface area contributed by atoms with Crippen molar-refractivity contribution in [3.05, 3.63) is 6.54 Å². The number of hydrogen-bond donors (Lipinski definition) is 0. The second-order valence-electron chi connectivity index (χ2n) is 2.60. The highest BCUT2D eigenvalue weighted by molar-refractivity contribution is 4.72. The summed E-state index contributed by atoms with van der Waals surface area (Å²) in [5.41, 5.74) is 0. The fraction of sp³-hybridized carbons (Fsp3) is 0.857. The zero-order chi connectivity index (χ0) is 6.69. The molecule has 0 N–H and O–H groups in total. The highest BCUT2D eigenvalue weighted by Gasteiger charge is 2.05. The van der Waals surface area contributed by atoms with Gasteiger partial charge in [0.25, 0.3) is 0 Å². The summed E-state index contributed by atoms with van der Waals surface area (Å²) in [6, 6.07) is 0. The number of hydrogen-bond acceptors (Lipinski definition) is 2. The van der Waals surface area contributed by atoms with Crippen molar-refractivity contribution in [3.8, 4) is 0 Å². The molecule has 0 atom stereocenters. The maximum atomic E-state index is 2.36. The zero-order valence-corrected chi connectivity index (χ0v) is 6.30. The predicted molar refractivity (Wildman–Crippen MR) is 39.0 cm³/mol. The van der Waals surface area contributed by atoms with Gasteiger partial charge in [0.05, 0.1) is 0 Å². The quantitative estimate of drug-likeness (QED) is 0.471. The van der Waals surface area contributed by atoms with E-state index in [4.69, 9.17) is 0 Å². The Kier molecular flexibility index (Phi) is 2.49. The minimum absolute atomic E-state index is 1.20. The lowest BCUT2D eigenvalue weighted by Crippen LogP contribution is -2.42. The van der Waals surface area contributed by atoms with Gasteiger partial charge in [-0.2, -0.15) is 6.92 Å². The Labute approximate surface area is 57.4 Å². The second-order valence-corrected chi connectivity index (χ2v) is 2.60. The van der Waals surface area contributed by atoms with Crippen LogP contribution in [0.5, 0.6) is 0 Å². The highest BCUT2D eigenvalue weighted by atomic mass is 15.2. The molecule has 0 bridgehead atoms. The van der Waals surface area contributed by atoms with E-state index in [1.54, 1.807) is 0 Å². The molecule has 0 aromatic carbocycles. The smallest absolute Gasteiger partial charge is 0.00827 e. The first-order valence-corrected chi connectivity index (χ1v) is 3.55. The summed E-state index contributed by atoms with van der Waals surface area (Å²) in [5, 5.41) is 0. The number of piperazine rings is 1. The SMILES string of the molecule is C[CH-]N1CCN(C)CC1. The molecule has 0 radical (unpaired) electrons. The molecule has 0 aromatic rings. The van der Waals surface area contributed by atoms with E-state index in [-0.39, 0.29) is 0 Å². The van der Waals surface area contributed by atoms with Gasteiger partial charge in [0.1, 0.15) is 0 Å². The molecule has 2 heteroatoms. The van der Waals surface area contributed by atoms with Crippen LogP contribution in [0.3, 0.4) is 0 Å². The Morgan fingerprint density at radius 2 is 1.67 bits per heavy atom. The average molecular weight is 127 g/mol. The minimum atomic E-state index is 1.20. The molecule has 1 saturated heterocycles. The third-order valence-corrected chi connectivity index (χ3v) is 1.90. The number of likely N-dealkylation sites (N-methyl/N-ethyl adjacent to an activating group) is 1. The molecule has 2 nitrogen and oxygen atoms in total. The monoisotopic (exact) mass is 127 g/mol. The lowest BCUT2D eigenvalue weighted by atomic mass is 10.3. The molecular formula is C7H15N2-. The summed E-state index contributed by atoms with van der Waals surface area (Å²) in [5.74, 6) is 0. The Morgan fingerprint density at radius 1 is 1.11 bits per heavy atom. The Morgan fingerprint density at radius 3 is 2.11 bits per heavy atom. The maximum Gasteiger partial charge on any atom is 0.00827 e. The van der Waals surface area contributed by atoms with Gasteiger partial charge in [-0.1, -0.05) is 0 Å². The van der Waals surface area contributed by atoms with Crippen LogP contribution in [-0.2, 0) is 0 Å². The second kappa shape index (κ2) is 3.18. The Hall–Kier alpha value is -0.0800. The number of nitrogens with zero attached hydrogens (tertiary/aromatic N) is 2. The standard InChI is InChI=1S/C7H15N2/c1-3-9-6-4-8(2)5-7-9/h3H,4-7H2,1-2H3/q-1. The molecule has 1 fully saturated rings. The molecular weight excluding hydrogens is 112 g/mol. The largest absolute Gasteiger partial charge is 0.455 e. The summed E-state index contributed by atoms with van der Waals surface area (Å²) in [4.78, 5) is 4.72. The van der Waals surface area contributed by atoms with Crippen molar-refractivity contribution in [3.63, 3.8) is 0 Å². The molecule has 1 rings (SSSR count). The van der Waals surface area contributed by atoms with Gasteiger partial charge in [0.15, 0.2) is 0 Å². The van der Waals surface area contributed by atoms with Crippen LogP contribution < -0.4 is 0 Å². The fourth-order valence-electron chi connectivity index (χ4n) is 1.08. The van der Waals surface area contributed by atoms with Crippen LogP contribution in [-0.4, -0.2) is 43.0 Å². The molecule has 0 saturated carbocycles. The molecule has 0 aliphatic carbocycles. The molecule has 0 amide bonds. The fourth-order valence-corrected chi connectivity index (χ4v) is 1.08. The minimum Gasteiger partial charge on any atom is -0.455 e. The molecule has 0 aromatic heterocycles. The maximum absolute atomic E-state index is 2.36. The zero-order valence-electron chi connectivity index (χ0n) is 6.30. The van der Waals surface area contributed by atoms with Crippen LogP contribution in [0, 0.1) is 6.54 Å². The van der Waals surface area contributed by atoms with E-state index in [2.05, 4.69) is 30.3 Å². The molecule has 1 heterocycles. The van der Waals surface area contributed by atoms with Crippen molar-refractivity contribution in [2.75, 3.05) is 33.2 Å². The van der Waals surface area contributed by atoms with Crippen LogP contribution in [0.25, 0.3) is 0 Å². The van der Waals surface area contributed by atoms with E-state index in [0.29, 0.717) is 0 Å². The van der Waals surface area contributed by atoms with E-state index in [9.17, 15) is 0 Å². The van der Waals surface area contributed by atoms with Crippen molar-refractivity contribution in [2.45, 2.75) is 6.92 Å². The van der Waals surface area contributed by atoms with Gasteiger partial charge < -0.3 is 9.80 Å². The number of rotatable bonds is 1. The van der Waals surface area contributed by atoms with Crippen molar-refractivity contribution in [1.29, 1.82) is 0 Å². The summed E-state index contributed by atoms with van der Waals surface area (Å²) < 4.78 is 0. The van der Waals surface area contributed by atoms with Crippen LogP contribution in [0.1, 0.15) is 6.92 Å². The Balaban J connectivity index is 2.18. The van der Waals surface area contributed by atoms with Gasteiger partial charge in [0, 0.05) is 13.1 Å². The molecule has 0 unspecified atom stereocenters. The van der Waals surface area contributed by atoms with E-state index in [1.807, 2.05) is 0 Å². The summed E-state index contributed by atoms with van der Waals surface area (Å²) in [7, 11) is 2.17. The first-order chi connectivity index (χ1) is 4.33. The van der Waals surface area contributed by atoms with Crippen molar-refractivity contribution >= 4 is 0 Å². The van der Waals surface area contributed by atoms with Crippen LogP contribution in [0.4, 0.5) is 0 Å². The summed E-state index contributed by atoms with van der Waals surface area (Å²) in [6.45, 7) is 9.10. The average Bonchev–Trinajstić information content (AvgIpc) is 1.90. The molecule has 54 valence electrons. The summed E-state index contributed by atoms with van der Waals surface area (Å²) in [6.07, 6.45) is 0. The van der Waals surface area contributed by atoms with Crippen molar-refractivity contribution in [2.24, 2.45) is 0 Å². The van der Waals surface area contributed by atoms with Gasteiger partial charge in [-0.15, -0.1) is 0 Å². The van der Waals surface area contributed by atoms with E-state index >= 15 is 0 Å². The lowest BCUT2D eigenvalue weighted by molar-refractivity contribution is 0.183. The van der Waals surface area contributed by atoms with Gasteiger partial charge in [-0.05, 0) is 20.1 Å². The van der Waals surface area contributed by atoms with Gasteiger partial charge in [-0.25, -0.2) is 0 Å². The predicted octanol–water partition coefficient (Wildman–Crippen LogP) is 0.415. The van der Waals surface area contributed by atoms with Gasteiger partial charge in [-0.3, -0.25) is 6.54 Å². The molecule has 0 spiro atoms. The lowest BCUT2D eigenvalue weighted by Gasteiger charge is -2.38. The van der Waals surface area contributed by atoms with Crippen LogP contribution in [0.2, 0.25) is 0 Å². The van der Waals surface area contributed by atoms with Crippen LogP contribution in [0.15, 0.2) is 0 Å². The van der Waals surface area contributed by atoms with Crippen LogP contribution >= 0.6 is 0 Å². The third kappa shape index (κ3) is 1.95. The normalized spacial score (nSPS) is 24.7. The van der Waals surface area contributed by atoms with E-state index in [1.165, 1.54) is 26.2 Å². The van der Waals surface area contributed by atoms with E-state index < -0.39 is 0 Å². The Bertz CT molecular complexity index is 75.0. The molecule has 1 aliphatic rings. The molecule has 9 heavy (non-hydrogen) atoms. The first-order valence-electron chi connectivity index (χ1n) is 3.55. The highest BCUT2D eigenvalue weighted by Crippen LogP contribution is 1.99. The third-order valence-electron chi connectivity index (χ3n) is 1.90.